The van der Waals surface area contributed by atoms with Crippen LogP contribution in [0.4, 0.5) is 0 Å². The lowest BCUT2D eigenvalue weighted by atomic mass is 9.99. The standard InChI is InChI=1S/C18H20ClNO2S/c1-12-4-5-13(2)15(10-12)16(21)7-9-18(22)20(3)11-14-6-8-17(19)23-14/h4-6,8,10H,7,9,11H2,1-3H3. The predicted octanol–water partition coefficient (Wildman–Crippen LogP) is 4.64. The van der Waals surface area contributed by atoms with Gasteiger partial charge in [0.2, 0.25) is 5.91 Å². The van der Waals surface area contributed by atoms with E-state index in [1.807, 2.05) is 44.2 Å². The Hall–Kier alpha value is -1.65. The Bertz CT molecular complexity index is 724. The molecule has 0 saturated heterocycles. The van der Waals surface area contributed by atoms with Crippen LogP contribution in [0.3, 0.4) is 0 Å². The molecule has 0 N–H and O–H groups in total. The van der Waals surface area contributed by atoms with Crippen molar-refractivity contribution in [2.24, 2.45) is 0 Å². The van der Waals surface area contributed by atoms with Gasteiger partial charge >= 0.3 is 0 Å². The summed E-state index contributed by atoms with van der Waals surface area (Å²) in [5.74, 6) is -0.0136. The largest absolute Gasteiger partial charge is 0.341 e. The zero-order valence-corrected chi connectivity index (χ0v) is 15.1. The van der Waals surface area contributed by atoms with E-state index in [4.69, 9.17) is 11.6 Å². The number of carbonyl (C=O) groups excluding carboxylic acids is 2. The molecule has 0 saturated carbocycles. The number of hydrogen-bond acceptors (Lipinski definition) is 3. The van der Waals surface area contributed by atoms with E-state index in [9.17, 15) is 9.59 Å². The van der Waals surface area contributed by atoms with Crippen LogP contribution in [-0.2, 0) is 11.3 Å². The number of ketones is 1. The molecule has 1 amide bonds. The molecular weight excluding hydrogens is 330 g/mol. The fraction of sp³-hybridized carbons (Fsp3) is 0.333. The number of rotatable bonds is 6. The van der Waals surface area contributed by atoms with E-state index in [0.717, 1.165) is 16.0 Å². The molecule has 1 aromatic heterocycles. The van der Waals surface area contributed by atoms with Gasteiger partial charge in [-0.1, -0.05) is 29.3 Å². The minimum atomic E-state index is -0.0341. The van der Waals surface area contributed by atoms with Crippen molar-refractivity contribution in [3.63, 3.8) is 0 Å². The maximum Gasteiger partial charge on any atom is 0.223 e. The highest BCUT2D eigenvalue weighted by Crippen LogP contribution is 2.22. The summed E-state index contributed by atoms with van der Waals surface area (Å²) in [6.07, 6.45) is 0.459. The minimum absolute atomic E-state index is 0.0205. The first kappa shape index (κ1) is 17.7. The molecule has 0 radical (unpaired) electrons. The Kier molecular flexibility index (Phi) is 5.97. The first-order valence-corrected chi connectivity index (χ1v) is 8.65. The van der Waals surface area contributed by atoms with Gasteiger partial charge in [-0.3, -0.25) is 9.59 Å². The summed E-state index contributed by atoms with van der Waals surface area (Å²) < 4.78 is 0.714. The highest BCUT2D eigenvalue weighted by molar-refractivity contribution is 7.16. The Balaban J connectivity index is 1.90. The lowest BCUT2D eigenvalue weighted by Gasteiger charge is -2.16. The zero-order chi connectivity index (χ0) is 17.0. The molecular formula is C18H20ClNO2S. The van der Waals surface area contributed by atoms with Gasteiger partial charge in [-0.05, 0) is 37.6 Å². The second-order valence-electron chi connectivity index (χ2n) is 5.70. The summed E-state index contributed by atoms with van der Waals surface area (Å²) >= 11 is 7.35. The SMILES string of the molecule is Cc1ccc(C)c(C(=O)CCC(=O)N(C)Cc2ccc(Cl)s2)c1. The fourth-order valence-corrected chi connectivity index (χ4v) is 3.48. The fourth-order valence-electron chi connectivity index (χ4n) is 2.34. The van der Waals surface area contributed by atoms with Gasteiger partial charge in [0.05, 0.1) is 10.9 Å². The monoisotopic (exact) mass is 349 g/mol. The van der Waals surface area contributed by atoms with Gasteiger partial charge < -0.3 is 4.90 Å². The molecule has 0 spiro atoms. The van der Waals surface area contributed by atoms with Gasteiger partial charge in [-0.25, -0.2) is 0 Å². The Morgan fingerprint density at radius 2 is 1.87 bits per heavy atom. The number of nitrogens with zero attached hydrogens (tertiary/aromatic N) is 1. The van der Waals surface area contributed by atoms with Crippen LogP contribution in [0.25, 0.3) is 0 Å². The topological polar surface area (TPSA) is 37.4 Å². The van der Waals surface area contributed by atoms with Crippen molar-refractivity contribution in [2.75, 3.05) is 7.05 Å². The molecule has 5 heteroatoms. The second kappa shape index (κ2) is 7.75. The van der Waals surface area contributed by atoms with Crippen molar-refractivity contribution in [1.29, 1.82) is 0 Å². The summed E-state index contributed by atoms with van der Waals surface area (Å²) in [6, 6.07) is 9.55. The number of thiophene rings is 1. The third-order valence-corrected chi connectivity index (χ3v) is 4.92. The Labute approximate surface area is 145 Å². The van der Waals surface area contributed by atoms with Crippen LogP contribution in [-0.4, -0.2) is 23.6 Å². The van der Waals surface area contributed by atoms with Gasteiger partial charge in [-0.2, -0.15) is 0 Å². The summed E-state index contributed by atoms with van der Waals surface area (Å²) in [5.41, 5.74) is 2.72. The van der Waals surface area contributed by atoms with E-state index in [1.165, 1.54) is 11.3 Å². The average Bonchev–Trinajstić information content (AvgIpc) is 2.91. The van der Waals surface area contributed by atoms with E-state index in [2.05, 4.69) is 0 Å². The van der Waals surface area contributed by atoms with E-state index < -0.39 is 0 Å². The van der Waals surface area contributed by atoms with Crippen LogP contribution < -0.4 is 0 Å². The number of amides is 1. The normalized spacial score (nSPS) is 10.6. The van der Waals surface area contributed by atoms with Crippen LogP contribution in [0.15, 0.2) is 30.3 Å². The van der Waals surface area contributed by atoms with Crippen molar-refractivity contribution < 1.29 is 9.59 Å². The molecule has 0 aliphatic rings. The molecule has 23 heavy (non-hydrogen) atoms. The van der Waals surface area contributed by atoms with Gasteiger partial charge in [0.1, 0.15) is 0 Å². The highest BCUT2D eigenvalue weighted by Gasteiger charge is 2.15. The van der Waals surface area contributed by atoms with Crippen molar-refractivity contribution in [1.82, 2.24) is 4.90 Å². The third-order valence-electron chi connectivity index (χ3n) is 3.71. The van der Waals surface area contributed by atoms with E-state index in [0.29, 0.717) is 16.4 Å². The number of Topliss-reactive ketones (excluding diaryl/α,β-unsaturated/α-hetero) is 1. The lowest BCUT2D eigenvalue weighted by molar-refractivity contribution is -0.130. The lowest BCUT2D eigenvalue weighted by Crippen LogP contribution is -2.26. The van der Waals surface area contributed by atoms with Crippen LogP contribution in [0.2, 0.25) is 4.34 Å². The van der Waals surface area contributed by atoms with Gasteiger partial charge in [0.15, 0.2) is 5.78 Å². The number of hydrogen-bond donors (Lipinski definition) is 0. The van der Waals surface area contributed by atoms with Crippen LogP contribution in [0.1, 0.15) is 39.2 Å². The maximum absolute atomic E-state index is 12.3. The summed E-state index contributed by atoms with van der Waals surface area (Å²) in [6.45, 7) is 4.40. The quantitative estimate of drug-likeness (QED) is 0.712. The van der Waals surface area contributed by atoms with Gasteiger partial charge in [0, 0.05) is 30.3 Å². The molecule has 3 nitrogen and oxygen atoms in total. The van der Waals surface area contributed by atoms with E-state index >= 15 is 0 Å². The van der Waals surface area contributed by atoms with Crippen molar-refractivity contribution in [2.45, 2.75) is 33.2 Å². The van der Waals surface area contributed by atoms with Crippen molar-refractivity contribution >= 4 is 34.6 Å². The molecule has 122 valence electrons. The molecule has 1 aromatic carbocycles. The second-order valence-corrected chi connectivity index (χ2v) is 7.50. The van der Waals surface area contributed by atoms with Crippen molar-refractivity contribution in [3.05, 3.63) is 56.2 Å². The molecule has 0 fully saturated rings. The van der Waals surface area contributed by atoms with E-state index in [-0.39, 0.29) is 24.5 Å². The first-order chi connectivity index (χ1) is 10.9. The Morgan fingerprint density at radius 3 is 2.52 bits per heavy atom. The maximum atomic E-state index is 12.3. The smallest absolute Gasteiger partial charge is 0.223 e. The molecule has 0 atom stereocenters. The average molecular weight is 350 g/mol. The number of halogens is 1. The van der Waals surface area contributed by atoms with Crippen LogP contribution in [0, 0.1) is 13.8 Å². The molecule has 1 heterocycles. The summed E-state index contributed by atoms with van der Waals surface area (Å²) in [4.78, 5) is 27.2. The highest BCUT2D eigenvalue weighted by atomic mass is 35.5. The summed E-state index contributed by atoms with van der Waals surface area (Å²) in [7, 11) is 1.75. The number of carbonyl (C=O) groups is 2. The molecule has 2 rings (SSSR count). The van der Waals surface area contributed by atoms with Gasteiger partial charge in [0.25, 0.3) is 0 Å². The minimum Gasteiger partial charge on any atom is -0.341 e. The van der Waals surface area contributed by atoms with E-state index in [1.54, 1.807) is 11.9 Å². The van der Waals surface area contributed by atoms with Crippen LogP contribution in [0.5, 0.6) is 0 Å². The number of aryl methyl sites for hydroxylation is 2. The molecule has 2 aromatic rings. The number of benzene rings is 1. The molecule has 0 aliphatic carbocycles. The summed E-state index contributed by atoms with van der Waals surface area (Å²) in [5, 5.41) is 0. The third kappa shape index (κ3) is 4.91. The zero-order valence-electron chi connectivity index (χ0n) is 13.6. The Morgan fingerprint density at radius 1 is 1.13 bits per heavy atom. The molecule has 0 bridgehead atoms. The first-order valence-electron chi connectivity index (χ1n) is 7.45. The molecule has 0 unspecified atom stereocenters. The molecule has 0 aliphatic heterocycles. The predicted molar refractivity (Wildman–Crippen MR) is 95.3 cm³/mol. The van der Waals surface area contributed by atoms with Gasteiger partial charge in [-0.15, -0.1) is 11.3 Å². The van der Waals surface area contributed by atoms with Crippen molar-refractivity contribution in [3.8, 4) is 0 Å². The van der Waals surface area contributed by atoms with Crippen LogP contribution >= 0.6 is 22.9 Å².